The predicted molar refractivity (Wildman–Crippen MR) is 102 cm³/mol. The summed E-state index contributed by atoms with van der Waals surface area (Å²) in [5.41, 5.74) is 3.36. The van der Waals surface area contributed by atoms with Crippen molar-refractivity contribution in [1.82, 2.24) is 0 Å². The number of nitrogens with one attached hydrogen (secondary N) is 2. The minimum Gasteiger partial charge on any atom is -0.459 e. The van der Waals surface area contributed by atoms with Gasteiger partial charge in [0.15, 0.2) is 5.76 Å². The van der Waals surface area contributed by atoms with Gasteiger partial charge in [0.05, 0.1) is 6.26 Å². The highest BCUT2D eigenvalue weighted by atomic mass is 35.5. The Morgan fingerprint density at radius 3 is 2.35 bits per heavy atom. The topological polar surface area (TPSA) is 71.3 Å². The summed E-state index contributed by atoms with van der Waals surface area (Å²) in [6.07, 6.45) is 1.43. The van der Waals surface area contributed by atoms with E-state index in [9.17, 15) is 9.59 Å². The summed E-state index contributed by atoms with van der Waals surface area (Å²) >= 11 is 5.94. The van der Waals surface area contributed by atoms with Crippen LogP contribution in [-0.4, -0.2) is 11.8 Å². The number of benzene rings is 2. The summed E-state index contributed by atoms with van der Waals surface area (Å²) in [4.78, 5) is 24.7. The second kappa shape index (κ2) is 7.45. The molecule has 0 aliphatic carbocycles. The van der Waals surface area contributed by atoms with Crippen molar-refractivity contribution in [3.63, 3.8) is 0 Å². The lowest BCUT2D eigenvalue weighted by molar-refractivity contribution is 0.0993. The van der Waals surface area contributed by atoms with E-state index < -0.39 is 0 Å². The van der Waals surface area contributed by atoms with Crippen molar-refractivity contribution in [1.29, 1.82) is 0 Å². The highest BCUT2D eigenvalue weighted by Gasteiger charge is 2.13. The zero-order valence-electron chi connectivity index (χ0n) is 14.3. The Labute approximate surface area is 156 Å². The van der Waals surface area contributed by atoms with Gasteiger partial charge < -0.3 is 15.1 Å². The molecule has 0 saturated heterocycles. The minimum atomic E-state index is -0.371. The lowest BCUT2D eigenvalue weighted by Gasteiger charge is -2.12. The zero-order valence-corrected chi connectivity index (χ0v) is 15.1. The summed E-state index contributed by atoms with van der Waals surface area (Å²) in [6.45, 7) is 3.72. The van der Waals surface area contributed by atoms with Gasteiger partial charge in [-0.05, 0) is 67.4 Å². The van der Waals surface area contributed by atoms with Crippen LogP contribution in [0.3, 0.4) is 0 Å². The van der Waals surface area contributed by atoms with Crippen LogP contribution >= 0.6 is 11.6 Å². The number of carbonyl (C=O) groups is 2. The lowest BCUT2D eigenvalue weighted by atomic mass is 10.1. The predicted octanol–water partition coefficient (Wildman–Crippen LogP) is 5.05. The zero-order chi connectivity index (χ0) is 18.7. The van der Waals surface area contributed by atoms with E-state index in [1.807, 2.05) is 13.8 Å². The molecule has 0 saturated carbocycles. The smallest absolute Gasteiger partial charge is 0.291 e. The van der Waals surface area contributed by atoms with E-state index in [1.165, 1.54) is 6.26 Å². The van der Waals surface area contributed by atoms with Gasteiger partial charge in [0.1, 0.15) is 0 Å². The van der Waals surface area contributed by atoms with Crippen LogP contribution in [0.5, 0.6) is 0 Å². The van der Waals surface area contributed by atoms with Crippen LogP contribution in [0.2, 0.25) is 5.02 Å². The molecule has 0 unspecified atom stereocenters. The first kappa shape index (κ1) is 17.8. The minimum absolute atomic E-state index is 0.205. The van der Waals surface area contributed by atoms with Crippen LogP contribution in [0, 0.1) is 13.8 Å². The monoisotopic (exact) mass is 368 g/mol. The van der Waals surface area contributed by atoms with Crippen molar-refractivity contribution in [2.75, 3.05) is 10.6 Å². The Hall–Kier alpha value is -3.05. The Morgan fingerprint density at radius 2 is 1.65 bits per heavy atom. The summed E-state index contributed by atoms with van der Waals surface area (Å²) in [5.74, 6) is -0.441. The van der Waals surface area contributed by atoms with Crippen LogP contribution in [-0.2, 0) is 0 Å². The highest BCUT2D eigenvalue weighted by molar-refractivity contribution is 6.30. The molecule has 2 N–H and O–H groups in total. The molecule has 6 heteroatoms. The number of aryl methyl sites for hydroxylation is 2. The third kappa shape index (κ3) is 3.95. The molecule has 0 bridgehead atoms. The maximum atomic E-state index is 12.6. The third-order valence-electron chi connectivity index (χ3n) is 3.93. The van der Waals surface area contributed by atoms with Gasteiger partial charge in [0.2, 0.25) is 0 Å². The number of rotatable bonds is 4. The number of halogens is 1. The molecule has 2 amide bonds. The van der Waals surface area contributed by atoms with Crippen molar-refractivity contribution in [2.24, 2.45) is 0 Å². The van der Waals surface area contributed by atoms with Crippen molar-refractivity contribution in [2.45, 2.75) is 13.8 Å². The Morgan fingerprint density at radius 1 is 0.885 bits per heavy atom. The lowest BCUT2D eigenvalue weighted by Crippen LogP contribution is -2.15. The highest BCUT2D eigenvalue weighted by Crippen LogP contribution is 2.22. The molecule has 0 atom stereocenters. The second-order valence-corrected chi connectivity index (χ2v) is 6.31. The molecular weight excluding hydrogens is 352 g/mol. The van der Waals surface area contributed by atoms with Gasteiger partial charge in [0, 0.05) is 22.0 Å². The fourth-order valence-corrected chi connectivity index (χ4v) is 2.68. The fourth-order valence-electron chi connectivity index (χ4n) is 2.45. The molecule has 0 fully saturated rings. The molecule has 3 aromatic rings. The van der Waals surface area contributed by atoms with E-state index in [0.717, 1.165) is 11.1 Å². The molecule has 132 valence electrons. The van der Waals surface area contributed by atoms with Gasteiger partial charge >= 0.3 is 0 Å². The fraction of sp³-hybridized carbons (Fsp3) is 0.100. The molecule has 1 heterocycles. The van der Waals surface area contributed by atoms with Crippen LogP contribution in [0.15, 0.2) is 59.2 Å². The van der Waals surface area contributed by atoms with Gasteiger partial charge in [-0.2, -0.15) is 0 Å². The quantitative estimate of drug-likeness (QED) is 0.676. The Bertz CT molecular complexity index is 965. The Kier molecular flexibility index (Phi) is 5.09. The molecule has 1 aromatic heterocycles. The largest absolute Gasteiger partial charge is 0.459 e. The standard InChI is InChI=1S/C20H17ClN2O3/c1-12-5-6-14(11-17(12)23-20(25)18-4-3-9-26-18)19(24)22-16-8-7-15(21)10-13(16)2/h3-11H,1-2H3,(H,22,24)(H,23,25). The van der Waals surface area contributed by atoms with Crippen molar-refractivity contribution >= 4 is 34.8 Å². The average Bonchev–Trinajstić information content (AvgIpc) is 3.14. The average molecular weight is 369 g/mol. The number of anilines is 2. The van der Waals surface area contributed by atoms with Crippen LogP contribution in [0.25, 0.3) is 0 Å². The van der Waals surface area contributed by atoms with Crippen LogP contribution < -0.4 is 10.6 Å². The molecule has 0 aliphatic heterocycles. The molecule has 0 radical (unpaired) electrons. The SMILES string of the molecule is Cc1cc(Cl)ccc1NC(=O)c1ccc(C)c(NC(=O)c2ccco2)c1. The van der Waals surface area contributed by atoms with Crippen molar-refractivity contribution in [3.8, 4) is 0 Å². The summed E-state index contributed by atoms with van der Waals surface area (Å²) < 4.78 is 5.08. The third-order valence-corrected chi connectivity index (χ3v) is 4.16. The van der Waals surface area contributed by atoms with Gasteiger partial charge in [-0.15, -0.1) is 0 Å². The first-order chi connectivity index (χ1) is 12.4. The number of hydrogen-bond donors (Lipinski definition) is 2. The first-order valence-electron chi connectivity index (χ1n) is 7.97. The number of carbonyl (C=O) groups excluding carboxylic acids is 2. The van der Waals surface area contributed by atoms with Gasteiger partial charge in [-0.3, -0.25) is 9.59 Å². The molecule has 0 aliphatic rings. The second-order valence-electron chi connectivity index (χ2n) is 5.87. The van der Waals surface area contributed by atoms with Gasteiger partial charge in [0.25, 0.3) is 11.8 Å². The summed E-state index contributed by atoms with van der Waals surface area (Å²) in [6, 6.07) is 13.6. The van der Waals surface area contributed by atoms with E-state index in [2.05, 4.69) is 10.6 Å². The number of amides is 2. The molecular formula is C20H17ClN2O3. The van der Waals surface area contributed by atoms with Gasteiger partial charge in [-0.25, -0.2) is 0 Å². The van der Waals surface area contributed by atoms with E-state index in [-0.39, 0.29) is 17.6 Å². The van der Waals surface area contributed by atoms with E-state index in [4.69, 9.17) is 16.0 Å². The van der Waals surface area contributed by atoms with E-state index in [0.29, 0.717) is 22.0 Å². The molecule has 5 nitrogen and oxygen atoms in total. The number of hydrogen-bond acceptors (Lipinski definition) is 3. The normalized spacial score (nSPS) is 10.4. The molecule has 0 spiro atoms. The summed E-state index contributed by atoms with van der Waals surface area (Å²) in [7, 11) is 0. The number of furan rings is 1. The van der Waals surface area contributed by atoms with Crippen LogP contribution in [0.1, 0.15) is 32.0 Å². The molecule has 3 rings (SSSR count). The van der Waals surface area contributed by atoms with Crippen molar-refractivity contribution in [3.05, 3.63) is 82.3 Å². The first-order valence-corrected chi connectivity index (χ1v) is 8.35. The maximum Gasteiger partial charge on any atom is 0.291 e. The van der Waals surface area contributed by atoms with E-state index >= 15 is 0 Å². The van der Waals surface area contributed by atoms with Crippen molar-refractivity contribution < 1.29 is 14.0 Å². The van der Waals surface area contributed by atoms with Gasteiger partial charge in [-0.1, -0.05) is 17.7 Å². The summed E-state index contributed by atoms with van der Waals surface area (Å²) in [5, 5.41) is 6.22. The maximum absolute atomic E-state index is 12.6. The Balaban J connectivity index is 1.80. The molecule has 2 aromatic carbocycles. The molecule has 26 heavy (non-hydrogen) atoms. The van der Waals surface area contributed by atoms with E-state index in [1.54, 1.807) is 48.5 Å². The van der Waals surface area contributed by atoms with Crippen LogP contribution in [0.4, 0.5) is 11.4 Å².